The third-order valence-corrected chi connectivity index (χ3v) is 3.11. The van der Waals surface area contributed by atoms with E-state index in [1.54, 1.807) is 4.90 Å². The van der Waals surface area contributed by atoms with E-state index in [0.29, 0.717) is 12.8 Å². The van der Waals surface area contributed by atoms with Crippen molar-refractivity contribution in [3.8, 4) is 0 Å². The van der Waals surface area contributed by atoms with Crippen LogP contribution in [-0.4, -0.2) is 23.0 Å². The molecule has 1 aliphatic heterocycles. The second-order valence-corrected chi connectivity index (χ2v) is 4.34. The summed E-state index contributed by atoms with van der Waals surface area (Å²) in [5, 5.41) is 8.86. The summed E-state index contributed by atoms with van der Waals surface area (Å²) in [5.41, 5.74) is 1.83. The van der Waals surface area contributed by atoms with Gasteiger partial charge in [-0.15, -0.1) is 0 Å². The monoisotopic (exact) mass is 233 g/mol. The zero-order valence-corrected chi connectivity index (χ0v) is 9.72. The van der Waals surface area contributed by atoms with Crippen LogP contribution in [0.5, 0.6) is 0 Å². The summed E-state index contributed by atoms with van der Waals surface area (Å²) in [6.07, 6.45) is 1.08. The molecule has 1 fully saturated rings. The van der Waals surface area contributed by atoms with Crippen molar-refractivity contribution < 1.29 is 14.7 Å². The molecular weight excluding hydrogens is 218 g/mol. The minimum atomic E-state index is -0.858. The number of para-hydroxylation sites is 1. The zero-order valence-electron chi connectivity index (χ0n) is 9.72. The van der Waals surface area contributed by atoms with Crippen LogP contribution in [0.3, 0.4) is 0 Å². The number of aryl methyl sites for hydroxylation is 1. The molecule has 1 unspecified atom stereocenters. The molecule has 4 nitrogen and oxygen atoms in total. The first-order chi connectivity index (χ1) is 8.09. The molecule has 1 N–H and O–H groups in total. The van der Waals surface area contributed by atoms with Crippen LogP contribution in [0.25, 0.3) is 0 Å². The van der Waals surface area contributed by atoms with Crippen molar-refractivity contribution in [1.82, 2.24) is 0 Å². The molecule has 2 rings (SSSR count). The fraction of sp³-hybridized carbons (Fsp3) is 0.385. The minimum Gasteiger partial charge on any atom is -0.481 e. The Hall–Kier alpha value is -1.84. The van der Waals surface area contributed by atoms with Gasteiger partial charge in [0.15, 0.2) is 0 Å². The highest BCUT2D eigenvalue weighted by Gasteiger charge is 2.33. The van der Waals surface area contributed by atoms with Gasteiger partial charge in [-0.2, -0.15) is 0 Å². The summed E-state index contributed by atoms with van der Waals surface area (Å²) in [6, 6.07) is 7.37. The highest BCUT2D eigenvalue weighted by Crippen LogP contribution is 2.30. The predicted molar refractivity (Wildman–Crippen MR) is 63.9 cm³/mol. The van der Waals surface area contributed by atoms with E-state index in [1.165, 1.54) is 0 Å². The summed E-state index contributed by atoms with van der Waals surface area (Å²) >= 11 is 0. The summed E-state index contributed by atoms with van der Waals surface area (Å²) in [7, 11) is 0. The smallest absolute Gasteiger partial charge is 0.305 e. The molecule has 0 bridgehead atoms. The van der Waals surface area contributed by atoms with Gasteiger partial charge < -0.3 is 10.0 Å². The Kier molecular flexibility index (Phi) is 3.13. The van der Waals surface area contributed by atoms with Crippen LogP contribution < -0.4 is 4.90 Å². The van der Waals surface area contributed by atoms with E-state index in [4.69, 9.17) is 5.11 Å². The Morgan fingerprint density at radius 2 is 2.18 bits per heavy atom. The SMILES string of the molecule is Cc1ccccc1N1C(=O)CCC1CC(=O)O. The molecule has 1 heterocycles. The van der Waals surface area contributed by atoms with Gasteiger partial charge in [0.25, 0.3) is 0 Å². The number of anilines is 1. The van der Waals surface area contributed by atoms with Gasteiger partial charge in [-0.25, -0.2) is 0 Å². The average Bonchev–Trinajstić information content (AvgIpc) is 2.60. The molecule has 1 amide bonds. The number of rotatable bonds is 3. The van der Waals surface area contributed by atoms with Crippen molar-refractivity contribution in [2.75, 3.05) is 4.90 Å². The molecule has 0 radical (unpaired) electrons. The van der Waals surface area contributed by atoms with Gasteiger partial charge >= 0.3 is 5.97 Å². The Morgan fingerprint density at radius 3 is 2.82 bits per heavy atom. The van der Waals surface area contributed by atoms with Crippen LogP contribution in [0.1, 0.15) is 24.8 Å². The number of carboxylic acids is 1. The maximum absolute atomic E-state index is 11.9. The molecule has 1 aromatic carbocycles. The number of carbonyl (C=O) groups excluding carboxylic acids is 1. The van der Waals surface area contributed by atoms with Crippen molar-refractivity contribution in [3.05, 3.63) is 29.8 Å². The lowest BCUT2D eigenvalue weighted by atomic mass is 10.1. The first-order valence-corrected chi connectivity index (χ1v) is 5.69. The molecular formula is C13H15NO3. The normalized spacial score (nSPS) is 19.7. The summed E-state index contributed by atoms with van der Waals surface area (Å²) in [6.45, 7) is 1.93. The molecule has 0 spiro atoms. The maximum atomic E-state index is 11.9. The Labute approximate surface area is 99.9 Å². The first kappa shape index (κ1) is 11.6. The second-order valence-electron chi connectivity index (χ2n) is 4.34. The fourth-order valence-corrected chi connectivity index (χ4v) is 2.30. The van der Waals surface area contributed by atoms with Crippen LogP contribution in [-0.2, 0) is 9.59 Å². The van der Waals surface area contributed by atoms with E-state index in [1.807, 2.05) is 31.2 Å². The van der Waals surface area contributed by atoms with Crippen LogP contribution in [0.15, 0.2) is 24.3 Å². The third kappa shape index (κ3) is 2.30. The molecule has 0 saturated carbocycles. The fourth-order valence-electron chi connectivity index (χ4n) is 2.30. The number of benzene rings is 1. The van der Waals surface area contributed by atoms with Crippen LogP contribution >= 0.6 is 0 Å². The van der Waals surface area contributed by atoms with E-state index in [2.05, 4.69) is 0 Å². The van der Waals surface area contributed by atoms with E-state index >= 15 is 0 Å². The predicted octanol–water partition coefficient (Wildman–Crippen LogP) is 1.97. The Bertz CT molecular complexity index is 456. The summed E-state index contributed by atoms with van der Waals surface area (Å²) in [4.78, 5) is 24.3. The number of carbonyl (C=O) groups is 2. The molecule has 1 saturated heterocycles. The van der Waals surface area contributed by atoms with Gasteiger partial charge in [0.05, 0.1) is 6.42 Å². The molecule has 1 atom stereocenters. The van der Waals surface area contributed by atoms with Gasteiger partial charge in [-0.3, -0.25) is 9.59 Å². The molecule has 4 heteroatoms. The topological polar surface area (TPSA) is 57.6 Å². The number of amides is 1. The molecule has 0 aromatic heterocycles. The van der Waals surface area contributed by atoms with Crippen LogP contribution in [0, 0.1) is 6.92 Å². The van der Waals surface area contributed by atoms with E-state index < -0.39 is 5.97 Å². The molecule has 90 valence electrons. The summed E-state index contributed by atoms with van der Waals surface area (Å²) in [5.74, 6) is -0.839. The van der Waals surface area contributed by atoms with Crippen molar-refractivity contribution in [2.24, 2.45) is 0 Å². The maximum Gasteiger partial charge on any atom is 0.305 e. The lowest BCUT2D eigenvalue weighted by Gasteiger charge is -2.25. The van der Waals surface area contributed by atoms with Gasteiger partial charge in [0, 0.05) is 18.2 Å². The zero-order chi connectivity index (χ0) is 12.4. The number of hydrogen-bond donors (Lipinski definition) is 1. The van der Waals surface area contributed by atoms with Crippen LogP contribution in [0.2, 0.25) is 0 Å². The number of nitrogens with zero attached hydrogens (tertiary/aromatic N) is 1. The van der Waals surface area contributed by atoms with Gasteiger partial charge in [-0.05, 0) is 25.0 Å². The number of aliphatic carboxylic acids is 1. The van der Waals surface area contributed by atoms with E-state index in [9.17, 15) is 9.59 Å². The van der Waals surface area contributed by atoms with Crippen molar-refractivity contribution in [2.45, 2.75) is 32.2 Å². The standard InChI is InChI=1S/C13H15NO3/c1-9-4-2-3-5-11(9)14-10(8-13(16)17)6-7-12(14)15/h2-5,10H,6-8H2,1H3,(H,16,17). The molecule has 1 aliphatic rings. The summed E-state index contributed by atoms with van der Waals surface area (Å²) < 4.78 is 0. The van der Waals surface area contributed by atoms with Crippen molar-refractivity contribution in [1.29, 1.82) is 0 Å². The molecule has 17 heavy (non-hydrogen) atoms. The van der Waals surface area contributed by atoms with Gasteiger partial charge in [0.1, 0.15) is 0 Å². The highest BCUT2D eigenvalue weighted by atomic mass is 16.4. The van der Waals surface area contributed by atoms with Crippen molar-refractivity contribution >= 4 is 17.6 Å². The molecule has 1 aromatic rings. The highest BCUT2D eigenvalue weighted by molar-refractivity contribution is 5.97. The average molecular weight is 233 g/mol. The Balaban J connectivity index is 2.31. The third-order valence-electron chi connectivity index (χ3n) is 3.11. The largest absolute Gasteiger partial charge is 0.481 e. The lowest BCUT2D eigenvalue weighted by Crippen LogP contribution is -2.34. The van der Waals surface area contributed by atoms with E-state index in [0.717, 1.165) is 11.3 Å². The molecule has 0 aliphatic carbocycles. The first-order valence-electron chi connectivity index (χ1n) is 5.69. The van der Waals surface area contributed by atoms with E-state index in [-0.39, 0.29) is 18.4 Å². The quantitative estimate of drug-likeness (QED) is 0.868. The van der Waals surface area contributed by atoms with Crippen LogP contribution in [0.4, 0.5) is 5.69 Å². The number of carboxylic acid groups (broad SMARTS) is 1. The van der Waals surface area contributed by atoms with Crippen molar-refractivity contribution in [3.63, 3.8) is 0 Å². The second kappa shape index (κ2) is 4.57. The van der Waals surface area contributed by atoms with Gasteiger partial charge in [-0.1, -0.05) is 18.2 Å². The Morgan fingerprint density at radius 1 is 1.47 bits per heavy atom. The number of hydrogen-bond acceptors (Lipinski definition) is 2. The minimum absolute atomic E-state index is 0.0140. The van der Waals surface area contributed by atoms with Gasteiger partial charge in [0.2, 0.25) is 5.91 Å². The lowest BCUT2D eigenvalue weighted by molar-refractivity contribution is -0.137.